The minimum atomic E-state index is -0.893. The highest BCUT2D eigenvalue weighted by atomic mass is 32.1. The fourth-order valence-electron chi connectivity index (χ4n) is 4.90. The van der Waals surface area contributed by atoms with Crippen LogP contribution in [-0.2, 0) is 9.53 Å². The fraction of sp³-hybridized carbons (Fsp3) is 0.167. The number of thiazole rings is 1. The zero-order chi connectivity index (χ0) is 29.4. The van der Waals surface area contributed by atoms with E-state index in [0.29, 0.717) is 33.1 Å². The molecule has 12 heteroatoms. The van der Waals surface area contributed by atoms with E-state index in [-0.39, 0.29) is 40.5 Å². The Labute approximate surface area is 242 Å². The number of nitro benzene ring substituents is 1. The highest BCUT2D eigenvalue weighted by Crippen LogP contribution is 2.39. The second kappa shape index (κ2) is 11.0. The quantitative estimate of drug-likeness (QED) is 0.183. The molecule has 4 aromatic rings. The molecule has 0 unspecified atom stereocenters. The first-order chi connectivity index (χ1) is 20.4. The summed E-state index contributed by atoms with van der Waals surface area (Å²) < 4.78 is 23.1. The number of aromatic nitrogens is 1. The number of nitro groups is 1. The number of rotatable bonds is 7. The van der Waals surface area contributed by atoms with Crippen LogP contribution in [0.15, 0.2) is 82.1 Å². The van der Waals surface area contributed by atoms with Crippen molar-refractivity contribution >= 4 is 34.8 Å². The highest BCUT2D eigenvalue weighted by Gasteiger charge is 2.35. The smallest absolute Gasteiger partial charge is 0.338 e. The van der Waals surface area contributed by atoms with Gasteiger partial charge in [0.25, 0.3) is 11.2 Å². The molecular formula is C30H23N3O8S. The summed E-state index contributed by atoms with van der Waals surface area (Å²) in [5, 5.41) is 11.9. The SMILES string of the molecule is CCOC(=O)C1=C(c2ccccc2)N=c2s/c(=C\c3cc4c(cc3[N+](=O)[O-])OCO4)c(=O)n2[C@H]1c1ccc(OC)cc1. The van der Waals surface area contributed by atoms with E-state index in [0.717, 1.165) is 11.3 Å². The standard InChI is InChI=1S/C30H23N3O8S/c1-3-39-29(35)25-26(17-7-5-4-6-8-17)31-30-32(27(25)18-9-11-20(38-2)12-10-18)28(34)24(42-30)14-19-13-22-23(41-16-40-22)15-21(19)33(36)37/h4-15,27H,3,16H2,1-2H3/b24-14-/t27-/m0/s1. The molecule has 1 atom stereocenters. The summed E-state index contributed by atoms with van der Waals surface area (Å²) in [6.07, 6.45) is 1.44. The number of methoxy groups -OCH3 is 1. The summed E-state index contributed by atoms with van der Waals surface area (Å²) in [6, 6.07) is 18.1. The Morgan fingerprint density at radius 3 is 2.52 bits per heavy atom. The third-order valence-electron chi connectivity index (χ3n) is 6.81. The topological polar surface area (TPSA) is 131 Å². The van der Waals surface area contributed by atoms with Crippen molar-refractivity contribution in [1.82, 2.24) is 4.57 Å². The third kappa shape index (κ3) is 4.71. The van der Waals surface area contributed by atoms with Gasteiger partial charge < -0.3 is 18.9 Å². The zero-order valence-corrected chi connectivity index (χ0v) is 23.3. The van der Waals surface area contributed by atoms with E-state index in [1.54, 1.807) is 38.3 Å². The Kier molecular flexibility index (Phi) is 7.05. The Bertz CT molecular complexity index is 1930. The Balaban J connectivity index is 1.63. The predicted molar refractivity (Wildman–Crippen MR) is 153 cm³/mol. The van der Waals surface area contributed by atoms with Gasteiger partial charge in [0.2, 0.25) is 6.79 Å². The number of nitrogens with zero attached hydrogens (tertiary/aromatic N) is 3. The van der Waals surface area contributed by atoms with Crippen LogP contribution in [0, 0.1) is 10.1 Å². The lowest BCUT2D eigenvalue weighted by atomic mass is 9.93. The second-order valence-electron chi connectivity index (χ2n) is 9.23. The molecule has 0 amide bonds. The molecule has 0 bridgehead atoms. The maximum absolute atomic E-state index is 14.1. The highest BCUT2D eigenvalue weighted by molar-refractivity contribution is 7.07. The Hall–Kier alpha value is -5.23. The minimum absolute atomic E-state index is 0.0567. The normalized spacial score (nSPS) is 15.7. The minimum Gasteiger partial charge on any atom is -0.497 e. The number of benzene rings is 3. The van der Waals surface area contributed by atoms with E-state index in [1.165, 1.54) is 22.8 Å². The monoisotopic (exact) mass is 585 g/mol. The molecule has 0 saturated carbocycles. The van der Waals surface area contributed by atoms with E-state index >= 15 is 0 Å². The van der Waals surface area contributed by atoms with Crippen molar-refractivity contribution in [2.24, 2.45) is 4.99 Å². The molecule has 2 aliphatic rings. The summed E-state index contributed by atoms with van der Waals surface area (Å²) in [5.74, 6) is 0.589. The molecule has 0 N–H and O–H groups in total. The maximum atomic E-state index is 14.1. The molecule has 6 rings (SSSR count). The van der Waals surface area contributed by atoms with Gasteiger partial charge in [-0.3, -0.25) is 19.5 Å². The van der Waals surface area contributed by atoms with Crippen molar-refractivity contribution in [2.45, 2.75) is 13.0 Å². The molecule has 3 heterocycles. The molecule has 0 saturated heterocycles. The van der Waals surface area contributed by atoms with Gasteiger partial charge in [0, 0.05) is 5.56 Å². The molecule has 212 valence electrons. The second-order valence-corrected chi connectivity index (χ2v) is 10.2. The lowest BCUT2D eigenvalue weighted by molar-refractivity contribution is -0.385. The van der Waals surface area contributed by atoms with Gasteiger partial charge in [0.15, 0.2) is 16.3 Å². The number of carbonyl (C=O) groups excluding carboxylic acids is 1. The number of ether oxygens (including phenoxy) is 4. The molecule has 42 heavy (non-hydrogen) atoms. The average molecular weight is 586 g/mol. The summed E-state index contributed by atoms with van der Waals surface area (Å²) in [6.45, 7) is 1.77. The molecule has 0 aliphatic carbocycles. The van der Waals surface area contributed by atoms with Gasteiger partial charge in [-0.15, -0.1) is 0 Å². The number of hydrogen-bond acceptors (Lipinski definition) is 10. The summed E-state index contributed by atoms with van der Waals surface area (Å²) >= 11 is 1.06. The first-order valence-electron chi connectivity index (χ1n) is 12.9. The Morgan fingerprint density at radius 2 is 1.86 bits per heavy atom. The molecule has 11 nitrogen and oxygen atoms in total. The maximum Gasteiger partial charge on any atom is 0.338 e. The molecule has 1 aromatic heterocycles. The van der Waals surface area contributed by atoms with Gasteiger partial charge in [-0.05, 0) is 36.8 Å². The zero-order valence-electron chi connectivity index (χ0n) is 22.4. The van der Waals surface area contributed by atoms with Crippen LogP contribution >= 0.6 is 11.3 Å². The number of esters is 1. The molecule has 0 fully saturated rings. The van der Waals surface area contributed by atoms with Gasteiger partial charge in [-0.25, -0.2) is 9.79 Å². The van der Waals surface area contributed by atoms with Crippen LogP contribution in [0.3, 0.4) is 0 Å². The van der Waals surface area contributed by atoms with Crippen molar-refractivity contribution in [2.75, 3.05) is 20.5 Å². The first kappa shape index (κ1) is 27.0. The van der Waals surface area contributed by atoms with Crippen LogP contribution in [0.2, 0.25) is 0 Å². The summed E-state index contributed by atoms with van der Waals surface area (Å²) in [5.41, 5.74) is 1.32. The van der Waals surface area contributed by atoms with Crippen molar-refractivity contribution < 1.29 is 28.7 Å². The van der Waals surface area contributed by atoms with Crippen LogP contribution < -0.4 is 29.1 Å². The summed E-state index contributed by atoms with van der Waals surface area (Å²) in [4.78, 5) is 44.1. The van der Waals surface area contributed by atoms with Gasteiger partial charge in [-0.2, -0.15) is 0 Å². The van der Waals surface area contributed by atoms with Gasteiger partial charge in [0.1, 0.15) is 5.75 Å². The van der Waals surface area contributed by atoms with Crippen LogP contribution in [0.1, 0.15) is 29.7 Å². The molecule has 0 radical (unpaired) electrons. The van der Waals surface area contributed by atoms with Crippen LogP contribution in [0.4, 0.5) is 5.69 Å². The predicted octanol–water partition coefficient (Wildman–Crippen LogP) is 3.58. The molecule has 0 spiro atoms. The van der Waals surface area contributed by atoms with Gasteiger partial charge >= 0.3 is 5.97 Å². The Morgan fingerprint density at radius 1 is 1.14 bits per heavy atom. The third-order valence-corrected chi connectivity index (χ3v) is 7.79. The van der Waals surface area contributed by atoms with E-state index in [1.807, 2.05) is 30.3 Å². The lowest BCUT2D eigenvalue weighted by Crippen LogP contribution is -2.40. The first-order valence-corrected chi connectivity index (χ1v) is 13.7. The number of carbonyl (C=O) groups is 1. The van der Waals surface area contributed by atoms with Crippen molar-refractivity contribution in [3.63, 3.8) is 0 Å². The molecular weight excluding hydrogens is 562 g/mol. The van der Waals surface area contributed by atoms with Crippen LogP contribution in [-0.4, -0.2) is 36.0 Å². The van der Waals surface area contributed by atoms with Crippen LogP contribution in [0.5, 0.6) is 17.2 Å². The van der Waals surface area contributed by atoms with Crippen LogP contribution in [0.25, 0.3) is 11.8 Å². The van der Waals surface area contributed by atoms with Crippen molar-refractivity contribution in [1.29, 1.82) is 0 Å². The average Bonchev–Trinajstić information content (AvgIpc) is 3.59. The molecule has 2 aliphatic heterocycles. The molecule has 3 aromatic carbocycles. The van der Waals surface area contributed by atoms with Gasteiger partial charge in [-0.1, -0.05) is 53.8 Å². The van der Waals surface area contributed by atoms with E-state index in [4.69, 9.17) is 23.9 Å². The van der Waals surface area contributed by atoms with E-state index in [2.05, 4.69) is 0 Å². The van der Waals surface area contributed by atoms with Crippen molar-refractivity contribution in [3.05, 3.63) is 119 Å². The summed E-state index contributed by atoms with van der Waals surface area (Å²) in [7, 11) is 1.55. The largest absolute Gasteiger partial charge is 0.497 e. The van der Waals surface area contributed by atoms with E-state index in [9.17, 15) is 19.7 Å². The lowest BCUT2D eigenvalue weighted by Gasteiger charge is -2.26. The van der Waals surface area contributed by atoms with Crippen molar-refractivity contribution in [3.8, 4) is 17.2 Å². The number of fused-ring (bicyclic) bond motifs is 2. The van der Waals surface area contributed by atoms with E-state index < -0.39 is 22.5 Å². The fourth-order valence-corrected chi connectivity index (χ4v) is 5.90. The number of hydrogen-bond donors (Lipinski definition) is 0. The van der Waals surface area contributed by atoms with Gasteiger partial charge in [0.05, 0.1) is 52.1 Å².